The first-order chi connectivity index (χ1) is 7.08. The Morgan fingerprint density at radius 1 is 1.40 bits per heavy atom. The lowest BCUT2D eigenvalue weighted by Gasteiger charge is -2.40. The van der Waals surface area contributed by atoms with Gasteiger partial charge in [-0.1, -0.05) is 6.07 Å². The summed E-state index contributed by atoms with van der Waals surface area (Å²) in [5.74, 6) is -1.09. The second-order valence-electron chi connectivity index (χ2n) is 3.95. The Morgan fingerprint density at radius 3 is 2.60 bits per heavy atom. The fraction of sp³-hybridized carbons (Fsp3) is 0.455. The van der Waals surface area contributed by atoms with E-state index < -0.39 is 11.6 Å². The van der Waals surface area contributed by atoms with Gasteiger partial charge in [0.05, 0.1) is 6.10 Å². The molecule has 1 aromatic rings. The van der Waals surface area contributed by atoms with E-state index >= 15 is 0 Å². The minimum atomic E-state index is -0.563. The number of likely N-dealkylation sites (tertiary alicyclic amines) is 1. The van der Waals surface area contributed by atoms with Crippen LogP contribution in [0, 0.1) is 11.6 Å². The van der Waals surface area contributed by atoms with Gasteiger partial charge < -0.3 is 5.11 Å². The molecule has 0 aliphatic carbocycles. The molecule has 0 bridgehead atoms. The van der Waals surface area contributed by atoms with Crippen LogP contribution >= 0.6 is 0 Å². The van der Waals surface area contributed by atoms with Crippen LogP contribution in [0.1, 0.15) is 18.5 Å². The molecule has 2 rings (SSSR count). The molecule has 1 heterocycles. The topological polar surface area (TPSA) is 23.5 Å². The van der Waals surface area contributed by atoms with Crippen LogP contribution in [0.2, 0.25) is 0 Å². The van der Waals surface area contributed by atoms with Gasteiger partial charge >= 0.3 is 0 Å². The molecular formula is C11H13F2NO. The maximum atomic E-state index is 13.4. The van der Waals surface area contributed by atoms with Crippen molar-refractivity contribution in [2.75, 3.05) is 13.1 Å². The highest BCUT2D eigenvalue weighted by atomic mass is 19.1. The van der Waals surface area contributed by atoms with Gasteiger partial charge in [0.1, 0.15) is 11.6 Å². The average molecular weight is 213 g/mol. The van der Waals surface area contributed by atoms with Gasteiger partial charge in [-0.15, -0.1) is 0 Å². The van der Waals surface area contributed by atoms with Crippen molar-refractivity contribution < 1.29 is 13.9 Å². The minimum absolute atomic E-state index is 0.117. The summed E-state index contributed by atoms with van der Waals surface area (Å²) in [6.07, 6.45) is -0.309. The molecule has 15 heavy (non-hydrogen) atoms. The number of halogens is 2. The summed E-state index contributed by atoms with van der Waals surface area (Å²) in [4.78, 5) is 1.95. The summed E-state index contributed by atoms with van der Waals surface area (Å²) in [7, 11) is 0. The number of aliphatic hydroxyl groups is 1. The zero-order valence-corrected chi connectivity index (χ0v) is 8.45. The van der Waals surface area contributed by atoms with Crippen molar-refractivity contribution in [2.45, 2.75) is 19.1 Å². The Bertz CT molecular complexity index is 364. The molecule has 0 spiro atoms. The first-order valence-corrected chi connectivity index (χ1v) is 4.95. The van der Waals surface area contributed by atoms with Crippen LogP contribution < -0.4 is 0 Å². The highest BCUT2D eigenvalue weighted by molar-refractivity contribution is 5.22. The molecule has 0 saturated carbocycles. The number of aliphatic hydroxyl groups excluding tert-OH is 1. The van der Waals surface area contributed by atoms with Crippen molar-refractivity contribution in [3.63, 3.8) is 0 Å². The fourth-order valence-electron chi connectivity index (χ4n) is 1.84. The van der Waals surface area contributed by atoms with E-state index in [2.05, 4.69) is 0 Å². The van der Waals surface area contributed by atoms with E-state index in [0.717, 1.165) is 6.07 Å². The van der Waals surface area contributed by atoms with Crippen molar-refractivity contribution in [3.8, 4) is 0 Å². The molecule has 1 atom stereocenters. The Labute approximate surface area is 87.1 Å². The lowest BCUT2D eigenvalue weighted by Crippen LogP contribution is -2.51. The summed E-state index contributed by atoms with van der Waals surface area (Å²) < 4.78 is 26.1. The minimum Gasteiger partial charge on any atom is -0.390 e. The Morgan fingerprint density at radius 2 is 2.07 bits per heavy atom. The highest BCUT2D eigenvalue weighted by Crippen LogP contribution is 2.27. The molecule has 82 valence electrons. The van der Waals surface area contributed by atoms with E-state index in [1.165, 1.54) is 12.1 Å². The number of benzene rings is 1. The summed E-state index contributed by atoms with van der Waals surface area (Å²) in [5.41, 5.74) is 0.475. The van der Waals surface area contributed by atoms with Gasteiger partial charge in [0, 0.05) is 30.8 Å². The lowest BCUT2D eigenvalue weighted by atomic mass is 10.0. The predicted octanol–water partition coefficient (Wildman–Crippen LogP) is 1.70. The molecule has 0 amide bonds. The van der Waals surface area contributed by atoms with Crippen LogP contribution in [-0.2, 0) is 0 Å². The Kier molecular flexibility index (Phi) is 2.71. The van der Waals surface area contributed by atoms with E-state index in [1.807, 2.05) is 11.8 Å². The van der Waals surface area contributed by atoms with Crippen molar-refractivity contribution in [2.24, 2.45) is 0 Å². The number of rotatable bonds is 2. The second-order valence-corrected chi connectivity index (χ2v) is 3.95. The normalized spacial score (nSPS) is 20.0. The fourth-order valence-corrected chi connectivity index (χ4v) is 1.84. The van der Waals surface area contributed by atoms with Gasteiger partial charge in [-0.2, -0.15) is 0 Å². The third kappa shape index (κ3) is 2.01. The van der Waals surface area contributed by atoms with Crippen molar-refractivity contribution in [1.82, 2.24) is 4.90 Å². The van der Waals surface area contributed by atoms with Gasteiger partial charge in [0.2, 0.25) is 0 Å². The third-order valence-electron chi connectivity index (χ3n) is 2.85. The van der Waals surface area contributed by atoms with E-state index in [9.17, 15) is 8.78 Å². The third-order valence-corrected chi connectivity index (χ3v) is 2.85. The SMILES string of the molecule is CC(c1ccc(F)cc1F)N1CC(O)C1. The summed E-state index contributed by atoms with van der Waals surface area (Å²) >= 11 is 0. The Hall–Kier alpha value is -1.00. The van der Waals surface area contributed by atoms with Crippen molar-refractivity contribution in [3.05, 3.63) is 35.4 Å². The summed E-state index contributed by atoms with van der Waals surface area (Å²) in [5, 5.41) is 9.13. The van der Waals surface area contributed by atoms with E-state index in [1.54, 1.807) is 0 Å². The van der Waals surface area contributed by atoms with E-state index in [0.29, 0.717) is 18.7 Å². The molecule has 1 aromatic carbocycles. The maximum Gasteiger partial charge on any atom is 0.130 e. The smallest absolute Gasteiger partial charge is 0.130 e. The maximum absolute atomic E-state index is 13.4. The molecule has 1 unspecified atom stereocenters. The molecule has 0 aromatic heterocycles. The predicted molar refractivity (Wildman–Crippen MR) is 52.4 cm³/mol. The molecule has 1 saturated heterocycles. The number of β-amino-alcohol motifs (C(OH)–C–C–N with tert-alkyl or cyclic N) is 1. The number of nitrogens with zero attached hydrogens (tertiary/aromatic N) is 1. The van der Waals surface area contributed by atoms with Crippen molar-refractivity contribution >= 4 is 0 Å². The monoisotopic (exact) mass is 213 g/mol. The molecule has 4 heteroatoms. The average Bonchev–Trinajstić information content (AvgIpc) is 2.12. The molecule has 1 fully saturated rings. The first kappa shape index (κ1) is 10.5. The van der Waals surface area contributed by atoms with Crippen LogP contribution in [-0.4, -0.2) is 29.2 Å². The van der Waals surface area contributed by atoms with Crippen molar-refractivity contribution in [1.29, 1.82) is 0 Å². The highest BCUT2D eigenvalue weighted by Gasteiger charge is 2.30. The first-order valence-electron chi connectivity index (χ1n) is 4.95. The quantitative estimate of drug-likeness (QED) is 0.808. The molecule has 1 N–H and O–H groups in total. The Balaban J connectivity index is 2.15. The number of hydrogen-bond acceptors (Lipinski definition) is 2. The molecular weight excluding hydrogens is 200 g/mol. The van der Waals surface area contributed by atoms with Gasteiger partial charge in [-0.05, 0) is 13.0 Å². The largest absolute Gasteiger partial charge is 0.390 e. The van der Waals surface area contributed by atoms with E-state index in [4.69, 9.17) is 5.11 Å². The second kappa shape index (κ2) is 3.87. The summed E-state index contributed by atoms with van der Waals surface area (Å²) in [6, 6.07) is 3.49. The molecule has 1 aliphatic heterocycles. The van der Waals surface area contributed by atoms with Gasteiger partial charge in [0.15, 0.2) is 0 Å². The van der Waals surface area contributed by atoms with Gasteiger partial charge in [0.25, 0.3) is 0 Å². The molecule has 0 radical (unpaired) electrons. The summed E-state index contributed by atoms with van der Waals surface area (Å²) in [6.45, 7) is 2.96. The van der Waals surface area contributed by atoms with Crippen LogP contribution in [0.25, 0.3) is 0 Å². The lowest BCUT2D eigenvalue weighted by molar-refractivity contribution is -0.0218. The zero-order valence-electron chi connectivity index (χ0n) is 8.45. The van der Waals surface area contributed by atoms with Gasteiger partial charge in [-0.25, -0.2) is 8.78 Å². The van der Waals surface area contributed by atoms with Crippen LogP contribution in [0.5, 0.6) is 0 Å². The van der Waals surface area contributed by atoms with E-state index in [-0.39, 0.29) is 12.1 Å². The zero-order chi connectivity index (χ0) is 11.0. The molecule has 2 nitrogen and oxygen atoms in total. The van der Waals surface area contributed by atoms with Gasteiger partial charge in [-0.3, -0.25) is 4.90 Å². The van der Waals surface area contributed by atoms with Crippen LogP contribution in [0.15, 0.2) is 18.2 Å². The number of hydrogen-bond donors (Lipinski definition) is 1. The molecule has 1 aliphatic rings. The standard InChI is InChI=1S/C11H13F2NO/c1-7(14-5-9(15)6-14)10-3-2-8(12)4-11(10)13/h2-4,7,9,15H,5-6H2,1H3. The van der Waals surface area contributed by atoms with Crippen LogP contribution in [0.3, 0.4) is 0 Å². The van der Waals surface area contributed by atoms with Crippen LogP contribution in [0.4, 0.5) is 8.78 Å².